The van der Waals surface area contributed by atoms with Gasteiger partial charge in [-0.1, -0.05) is 12.1 Å². The topological polar surface area (TPSA) is 79.4 Å². The largest absolute Gasteiger partial charge is 0.325 e. The van der Waals surface area contributed by atoms with Crippen LogP contribution in [-0.2, 0) is 9.84 Å². The second-order valence-electron chi connectivity index (χ2n) is 7.85. The highest BCUT2D eigenvalue weighted by atomic mass is 32.2. The number of sulfone groups is 1. The zero-order valence-corrected chi connectivity index (χ0v) is 17.4. The van der Waals surface area contributed by atoms with Gasteiger partial charge in [-0.15, -0.1) is 0 Å². The maximum atomic E-state index is 13.3. The highest BCUT2D eigenvalue weighted by molar-refractivity contribution is 7.92. The fourth-order valence-corrected chi connectivity index (χ4v) is 5.60. The van der Waals surface area contributed by atoms with E-state index in [0.29, 0.717) is 36.5 Å². The first-order valence-corrected chi connectivity index (χ1v) is 11.0. The number of rotatable bonds is 4. The minimum atomic E-state index is -3.47. The number of carbonyl (C=O) groups excluding carboxylic acids is 1. The Balaban J connectivity index is 1.67. The lowest BCUT2D eigenvalue weighted by Crippen LogP contribution is -2.48. The Kier molecular flexibility index (Phi) is 5.74. The summed E-state index contributed by atoms with van der Waals surface area (Å²) in [5.74, 6) is -0.0111. The van der Waals surface area contributed by atoms with Gasteiger partial charge in [0.05, 0.1) is 9.64 Å². The van der Waals surface area contributed by atoms with E-state index in [-0.39, 0.29) is 11.9 Å². The molecule has 6 nitrogen and oxygen atoms in total. The average molecular weight is 402 g/mol. The van der Waals surface area contributed by atoms with E-state index in [2.05, 4.69) is 10.3 Å². The van der Waals surface area contributed by atoms with Gasteiger partial charge in [0.25, 0.3) is 0 Å². The molecule has 1 aromatic carbocycles. The molecule has 7 heteroatoms. The van der Waals surface area contributed by atoms with Crippen LogP contribution < -0.4 is 5.32 Å². The molecule has 2 heterocycles. The van der Waals surface area contributed by atoms with Crippen LogP contribution in [0.25, 0.3) is 0 Å². The molecule has 0 bridgehead atoms. The molecule has 1 aliphatic rings. The molecule has 2 amide bonds. The summed E-state index contributed by atoms with van der Waals surface area (Å²) in [6, 6.07) is 10.4. The molecule has 28 heavy (non-hydrogen) atoms. The van der Waals surface area contributed by atoms with Crippen molar-refractivity contribution in [1.29, 1.82) is 0 Å². The Morgan fingerprint density at radius 3 is 2.39 bits per heavy atom. The summed E-state index contributed by atoms with van der Waals surface area (Å²) in [7, 11) is -3.47. The van der Waals surface area contributed by atoms with E-state index >= 15 is 0 Å². The van der Waals surface area contributed by atoms with Crippen molar-refractivity contribution in [2.75, 3.05) is 18.4 Å². The molecule has 1 saturated heterocycles. The lowest BCUT2D eigenvalue weighted by Gasteiger charge is -2.40. The number of anilines is 1. The maximum absolute atomic E-state index is 13.3. The van der Waals surface area contributed by atoms with Crippen LogP contribution in [0.3, 0.4) is 0 Å². The number of hydrogen-bond donors (Lipinski definition) is 1. The summed E-state index contributed by atoms with van der Waals surface area (Å²) in [5.41, 5.74) is 1.63. The van der Waals surface area contributed by atoms with Crippen LogP contribution in [0.15, 0.2) is 53.7 Å². The molecule has 0 atom stereocenters. The first kappa shape index (κ1) is 20.3. The van der Waals surface area contributed by atoms with Gasteiger partial charge >= 0.3 is 6.03 Å². The Morgan fingerprint density at radius 1 is 1.14 bits per heavy atom. The first-order valence-electron chi connectivity index (χ1n) is 9.49. The third kappa shape index (κ3) is 4.04. The molecule has 0 unspecified atom stereocenters. The molecule has 3 rings (SSSR count). The molecule has 1 N–H and O–H groups in total. The number of aromatic nitrogens is 1. The summed E-state index contributed by atoms with van der Waals surface area (Å²) in [6.07, 6.45) is 4.56. The number of amides is 2. The van der Waals surface area contributed by atoms with Gasteiger partial charge in [-0.3, -0.25) is 4.98 Å². The van der Waals surface area contributed by atoms with Gasteiger partial charge in [-0.2, -0.15) is 0 Å². The third-order valence-corrected chi connectivity index (χ3v) is 8.28. The van der Waals surface area contributed by atoms with Crippen LogP contribution in [0, 0.1) is 12.8 Å². The van der Waals surface area contributed by atoms with Crippen LogP contribution in [0.4, 0.5) is 10.5 Å². The van der Waals surface area contributed by atoms with Gasteiger partial charge in [0.15, 0.2) is 9.84 Å². The minimum Gasteiger partial charge on any atom is -0.325 e. The predicted molar refractivity (Wildman–Crippen MR) is 110 cm³/mol. The van der Waals surface area contributed by atoms with Gasteiger partial charge in [0, 0.05) is 31.2 Å². The van der Waals surface area contributed by atoms with Gasteiger partial charge in [0.1, 0.15) is 0 Å². The number of piperidine rings is 1. The molecule has 2 aromatic rings. The van der Waals surface area contributed by atoms with Crippen molar-refractivity contribution in [1.82, 2.24) is 9.88 Å². The van der Waals surface area contributed by atoms with E-state index in [1.54, 1.807) is 47.6 Å². The summed E-state index contributed by atoms with van der Waals surface area (Å²) in [6.45, 7) is 6.58. The number of carbonyl (C=O) groups is 1. The monoisotopic (exact) mass is 401 g/mol. The highest BCUT2D eigenvalue weighted by Crippen LogP contribution is 2.38. The fourth-order valence-electron chi connectivity index (χ4n) is 3.72. The smallest absolute Gasteiger partial charge is 0.321 e. The molecular formula is C21H27N3O3S. The number of pyridine rings is 1. The first-order chi connectivity index (χ1) is 13.2. The number of benzene rings is 1. The lowest BCUT2D eigenvalue weighted by molar-refractivity contribution is 0.171. The summed E-state index contributed by atoms with van der Waals surface area (Å²) in [5, 5.41) is 2.86. The van der Waals surface area contributed by atoms with Crippen molar-refractivity contribution in [2.45, 2.75) is 43.3 Å². The summed E-state index contributed by atoms with van der Waals surface area (Å²) >= 11 is 0. The molecule has 1 fully saturated rings. The van der Waals surface area contributed by atoms with Gasteiger partial charge < -0.3 is 10.2 Å². The van der Waals surface area contributed by atoms with E-state index in [1.807, 2.05) is 26.8 Å². The molecule has 1 aromatic heterocycles. The molecule has 0 saturated carbocycles. The van der Waals surface area contributed by atoms with Crippen LogP contribution in [0.1, 0.15) is 32.3 Å². The Morgan fingerprint density at radius 2 is 1.79 bits per heavy atom. The molecule has 0 spiro atoms. The Bertz CT molecular complexity index is 934. The number of aryl methyl sites for hydroxylation is 1. The normalized spacial score (nSPS) is 16.0. The van der Waals surface area contributed by atoms with Crippen molar-refractivity contribution in [3.05, 3.63) is 54.4 Å². The second kappa shape index (κ2) is 7.91. The Hall–Kier alpha value is -2.41. The quantitative estimate of drug-likeness (QED) is 0.843. The molecule has 0 radical (unpaired) electrons. The molecule has 150 valence electrons. The van der Waals surface area contributed by atoms with Gasteiger partial charge in [-0.05, 0) is 69.4 Å². The fraction of sp³-hybridized carbons (Fsp3) is 0.429. The minimum absolute atomic E-state index is 0.0111. The van der Waals surface area contributed by atoms with E-state index in [0.717, 1.165) is 5.56 Å². The summed E-state index contributed by atoms with van der Waals surface area (Å²) < 4.78 is 25.6. The average Bonchev–Trinajstić information content (AvgIpc) is 2.68. The Labute approximate surface area is 166 Å². The lowest BCUT2D eigenvalue weighted by atomic mass is 9.86. The van der Waals surface area contributed by atoms with Crippen molar-refractivity contribution in [3.63, 3.8) is 0 Å². The number of nitrogens with one attached hydrogen (secondary N) is 1. The molecule has 1 aliphatic heterocycles. The predicted octanol–water partition coefficient (Wildman–Crippen LogP) is 3.89. The third-order valence-electron chi connectivity index (χ3n) is 5.69. The van der Waals surface area contributed by atoms with Crippen LogP contribution in [0.2, 0.25) is 0 Å². The number of nitrogens with zero attached hydrogens (tertiary/aromatic N) is 2. The number of likely N-dealkylation sites (tertiary alicyclic amines) is 1. The van der Waals surface area contributed by atoms with E-state index in [4.69, 9.17) is 0 Å². The van der Waals surface area contributed by atoms with Crippen molar-refractivity contribution in [2.24, 2.45) is 5.92 Å². The van der Waals surface area contributed by atoms with E-state index in [1.165, 1.54) is 0 Å². The second-order valence-corrected chi connectivity index (χ2v) is 10.4. The van der Waals surface area contributed by atoms with Gasteiger partial charge in [0.2, 0.25) is 0 Å². The zero-order valence-electron chi connectivity index (χ0n) is 16.6. The zero-order chi connectivity index (χ0) is 20.4. The SMILES string of the molecule is Cc1cccc(S(=O)(=O)C(C)(C)C2CCN(C(=O)Nc3ccncc3)CC2)c1. The van der Waals surface area contributed by atoms with Crippen molar-refractivity contribution < 1.29 is 13.2 Å². The van der Waals surface area contributed by atoms with E-state index < -0.39 is 14.6 Å². The number of urea groups is 1. The van der Waals surface area contributed by atoms with Crippen LogP contribution >= 0.6 is 0 Å². The standard InChI is InChI=1S/C21H27N3O3S/c1-16-5-4-6-19(15-16)28(26,27)21(2,3)17-9-13-24(14-10-17)20(25)23-18-7-11-22-12-8-18/h4-8,11-12,15,17H,9-10,13-14H2,1-3H3,(H,22,23,25). The number of hydrogen-bond acceptors (Lipinski definition) is 4. The van der Waals surface area contributed by atoms with E-state index in [9.17, 15) is 13.2 Å². The van der Waals surface area contributed by atoms with Gasteiger partial charge in [-0.25, -0.2) is 13.2 Å². The molecule has 0 aliphatic carbocycles. The molecular weight excluding hydrogens is 374 g/mol. The maximum Gasteiger partial charge on any atom is 0.321 e. The van der Waals surface area contributed by atoms with Crippen LogP contribution in [-0.4, -0.2) is 42.2 Å². The highest BCUT2D eigenvalue weighted by Gasteiger charge is 2.44. The van der Waals surface area contributed by atoms with Crippen molar-refractivity contribution >= 4 is 21.6 Å². The van der Waals surface area contributed by atoms with Crippen molar-refractivity contribution in [3.8, 4) is 0 Å². The van der Waals surface area contributed by atoms with Crippen LogP contribution in [0.5, 0.6) is 0 Å². The summed E-state index contributed by atoms with van der Waals surface area (Å²) in [4.78, 5) is 18.5.